The smallest absolute Gasteiger partial charge is 0.247 e. The first-order valence-corrected chi connectivity index (χ1v) is 17.3. The van der Waals surface area contributed by atoms with Gasteiger partial charge in [0.05, 0.1) is 29.2 Å². The number of hydrogen-bond donors (Lipinski definition) is 3. The summed E-state index contributed by atoms with van der Waals surface area (Å²) < 4.78 is 36.5. The maximum atomic E-state index is 14.3. The molecule has 2 aromatic rings. The van der Waals surface area contributed by atoms with E-state index in [1.807, 2.05) is 37.3 Å². The van der Waals surface area contributed by atoms with Crippen LogP contribution < -0.4 is 15.8 Å². The number of benzene rings is 2. The number of nitrogens with zero attached hydrogens (tertiary/aromatic N) is 1. The summed E-state index contributed by atoms with van der Waals surface area (Å²) in [4.78, 5) is 29.2. The molecular formula is C33H45ClN4O5S. The van der Waals surface area contributed by atoms with E-state index in [1.54, 1.807) is 43.0 Å². The topological polar surface area (TPSA) is 131 Å². The molecule has 0 unspecified atom stereocenters. The van der Waals surface area contributed by atoms with Crippen molar-refractivity contribution in [2.24, 2.45) is 5.73 Å². The molecule has 11 heteroatoms. The molecule has 9 nitrogen and oxygen atoms in total. The molecule has 1 aliphatic carbocycles. The molecule has 0 radical (unpaired) electrons. The zero-order valence-electron chi connectivity index (χ0n) is 25.9. The van der Waals surface area contributed by atoms with Crippen molar-refractivity contribution in [1.29, 1.82) is 0 Å². The Morgan fingerprint density at radius 1 is 1.09 bits per heavy atom. The molecule has 4 N–H and O–H groups in total. The van der Waals surface area contributed by atoms with Crippen molar-refractivity contribution in [2.75, 3.05) is 19.7 Å². The fourth-order valence-electron chi connectivity index (χ4n) is 5.88. The maximum absolute atomic E-state index is 14.3. The molecular weight excluding hydrogens is 600 g/mol. The van der Waals surface area contributed by atoms with Gasteiger partial charge in [-0.2, -0.15) is 0 Å². The Morgan fingerprint density at radius 2 is 1.75 bits per heavy atom. The van der Waals surface area contributed by atoms with Crippen molar-refractivity contribution >= 4 is 38.3 Å². The lowest BCUT2D eigenvalue weighted by atomic mass is 9.76. The number of amides is 2. The van der Waals surface area contributed by atoms with Crippen molar-refractivity contribution in [2.45, 2.75) is 89.4 Å². The van der Waals surface area contributed by atoms with Crippen LogP contribution in [0.5, 0.6) is 0 Å². The molecule has 0 aromatic heterocycles. The van der Waals surface area contributed by atoms with Crippen LogP contribution in [0, 0.1) is 0 Å². The number of sulfonamides is 1. The summed E-state index contributed by atoms with van der Waals surface area (Å²) in [6.07, 6.45) is 5.60. The van der Waals surface area contributed by atoms with Crippen molar-refractivity contribution in [3.63, 3.8) is 0 Å². The van der Waals surface area contributed by atoms with Crippen molar-refractivity contribution in [1.82, 2.24) is 14.9 Å². The highest BCUT2D eigenvalue weighted by atomic mass is 35.5. The van der Waals surface area contributed by atoms with E-state index in [-0.39, 0.29) is 30.6 Å². The van der Waals surface area contributed by atoms with E-state index >= 15 is 0 Å². The minimum atomic E-state index is -3.87. The average molecular weight is 645 g/mol. The fourth-order valence-corrected chi connectivity index (χ4v) is 7.98. The fraction of sp³-hybridized carbons (Fsp3) is 0.515. The molecule has 0 bridgehead atoms. The Morgan fingerprint density at radius 3 is 2.36 bits per heavy atom. The second-order valence-electron chi connectivity index (χ2n) is 12.4. The Labute approximate surface area is 266 Å². The van der Waals surface area contributed by atoms with Crippen LogP contribution in [-0.2, 0) is 31.0 Å². The second kappa shape index (κ2) is 14.6. The van der Waals surface area contributed by atoms with Crippen molar-refractivity contribution in [3.8, 4) is 0 Å². The van der Waals surface area contributed by atoms with Crippen LogP contribution in [0.2, 0.25) is 5.02 Å². The third-order valence-electron chi connectivity index (χ3n) is 8.29. The van der Waals surface area contributed by atoms with Gasteiger partial charge >= 0.3 is 0 Å². The van der Waals surface area contributed by atoms with E-state index in [0.717, 1.165) is 31.2 Å². The highest BCUT2D eigenvalue weighted by Gasteiger charge is 2.50. The van der Waals surface area contributed by atoms with Gasteiger partial charge in [-0.15, -0.1) is 0 Å². The summed E-state index contributed by atoms with van der Waals surface area (Å²) in [6.45, 7) is 5.87. The number of nitrogens with one attached hydrogen (secondary N) is 2. The largest absolute Gasteiger partial charge is 0.374 e. The van der Waals surface area contributed by atoms with Gasteiger partial charge in [0.2, 0.25) is 21.8 Å². The quantitative estimate of drug-likeness (QED) is 0.288. The number of carbonyl (C=O) groups is 2. The maximum Gasteiger partial charge on any atom is 0.247 e. The number of unbranched alkanes of at least 4 members (excludes halogenated alkanes) is 1. The zero-order chi connectivity index (χ0) is 32.0. The van der Waals surface area contributed by atoms with E-state index in [2.05, 4.69) is 10.0 Å². The third kappa shape index (κ3) is 8.28. The van der Waals surface area contributed by atoms with Crippen LogP contribution >= 0.6 is 11.6 Å². The van der Waals surface area contributed by atoms with Crippen molar-refractivity contribution in [3.05, 3.63) is 76.3 Å². The SMILES string of the molecule is CCCCN(CC1=C(c2ccc(Cl)cc2)S(=O)(=O)NC12CCCCC2)C(=O)[C@@H](COCc1ccccc1)NC(=O)C(C)(C)N. The van der Waals surface area contributed by atoms with Gasteiger partial charge in [0.1, 0.15) is 6.04 Å². The first-order chi connectivity index (χ1) is 20.9. The Balaban J connectivity index is 1.72. The first-order valence-electron chi connectivity index (χ1n) is 15.4. The number of rotatable bonds is 13. The number of halogens is 1. The molecule has 1 aliphatic heterocycles. The molecule has 1 spiro atoms. The first kappa shape index (κ1) is 34.1. The van der Waals surface area contributed by atoms with Crippen LogP contribution in [0.3, 0.4) is 0 Å². The van der Waals surface area contributed by atoms with E-state index in [1.165, 1.54) is 0 Å². The zero-order valence-corrected chi connectivity index (χ0v) is 27.5. The Bertz CT molecular complexity index is 1430. The summed E-state index contributed by atoms with van der Waals surface area (Å²) in [5, 5.41) is 3.32. The highest BCUT2D eigenvalue weighted by molar-refractivity contribution is 7.99. The van der Waals surface area contributed by atoms with Crippen LogP contribution in [0.1, 0.15) is 76.8 Å². The Kier molecular flexibility index (Phi) is 11.3. The van der Waals surface area contributed by atoms with Gasteiger partial charge in [0.25, 0.3) is 0 Å². The van der Waals surface area contributed by atoms with Crippen LogP contribution in [-0.4, -0.2) is 61.9 Å². The van der Waals surface area contributed by atoms with E-state index in [0.29, 0.717) is 42.0 Å². The molecule has 1 heterocycles. The van der Waals surface area contributed by atoms with E-state index in [9.17, 15) is 18.0 Å². The highest BCUT2D eigenvalue weighted by Crippen LogP contribution is 2.46. The number of nitrogens with two attached hydrogens (primary N) is 1. The standard InChI is InChI=1S/C33H45ClN4O5S/c1-4-5-20-38(30(39)28(36-31(40)32(2,3)35)23-43-22-24-12-8-6-9-13-24)21-27-29(25-14-16-26(34)17-15-25)44(41,42)37-33(27)18-10-7-11-19-33/h6,8-9,12-17,28,37H,4-5,7,10-11,18-23,35H2,1-3H3,(H,36,40)/t28-/m1/s1. The molecule has 4 rings (SSSR count). The van der Waals surface area contributed by atoms with Gasteiger partial charge in [-0.05, 0) is 61.9 Å². The van der Waals surface area contributed by atoms with Gasteiger partial charge in [0, 0.05) is 18.1 Å². The molecule has 1 saturated carbocycles. The number of hydrogen-bond acceptors (Lipinski definition) is 6. The summed E-state index contributed by atoms with van der Waals surface area (Å²) in [6, 6.07) is 15.3. The molecule has 1 atom stereocenters. The average Bonchev–Trinajstić information content (AvgIpc) is 3.19. The lowest BCUT2D eigenvalue weighted by molar-refractivity contribution is -0.139. The minimum absolute atomic E-state index is 0.0665. The van der Waals surface area contributed by atoms with Gasteiger partial charge in [-0.25, -0.2) is 13.1 Å². The molecule has 2 aliphatic rings. The molecule has 2 aromatic carbocycles. The van der Waals surface area contributed by atoms with Gasteiger partial charge in [-0.1, -0.05) is 86.7 Å². The Hall–Kier alpha value is -2.76. The van der Waals surface area contributed by atoms with E-state index < -0.39 is 33.1 Å². The third-order valence-corrected chi connectivity index (χ3v) is 10.2. The second-order valence-corrected chi connectivity index (χ2v) is 14.5. The van der Waals surface area contributed by atoms with Crippen LogP contribution in [0.15, 0.2) is 60.2 Å². The summed E-state index contributed by atoms with van der Waals surface area (Å²) in [5.74, 6) is -0.827. The molecule has 0 saturated heterocycles. The van der Waals surface area contributed by atoms with Crippen LogP contribution in [0.4, 0.5) is 0 Å². The predicted molar refractivity (Wildman–Crippen MR) is 174 cm³/mol. The van der Waals surface area contributed by atoms with Crippen molar-refractivity contribution < 1.29 is 22.7 Å². The summed E-state index contributed by atoms with van der Waals surface area (Å²) >= 11 is 6.15. The lowest BCUT2D eigenvalue weighted by Crippen LogP contribution is -2.58. The van der Waals surface area contributed by atoms with Gasteiger partial charge < -0.3 is 20.7 Å². The molecule has 240 valence electrons. The van der Waals surface area contributed by atoms with Gasteiger partial charge in [-0.3, -0.25) is 9.59 Å². The predicted octanol–water partition coefficient (Wildman–Crippen LogP) is 4.75. The lowest BCUT2D eigenvalue weighted by Gasteiger charge is -2.38. The van der Waals surface area contributed by atoms with E-state index in [4.69, 9.17) is 22.1 Å². The van der Waals surface area contributed by atoms with Crippen LogP contribution in [0.25, 0.3) is 4.91 Å². The summed E-state index contributed by atoms with van der Waals surface area (Å²) in [5.41, 5.74) is 6.23. The van der Waals surface area contributed by atoms with Gasteiger partial charge in [0.15, 0.2) is 0 Å². The minimum Gasteiger partial charge on any atom is -0.374 e. The molecule has 1 fully saturated rings. The number of carbonyl (C=O) groups excluding carboxylic acids is 2. The normalized spacial score (nSPS) is 18.3. The number of ether oxygens (including phenoxy) is 1. The molecule has 44 heavy (non-hydrogen) atoms. The summed E-state index contributed by atoms with van der Waals surface area (Å²) in [7, 11) is -3.87. The molecule has 2 amide bonds. The monoisotopic (exact) mass is 644 g/mol.